The van der Waals surface area contributed by atoms with E-state index in [0.717, 1.165) is 0 Å². The van der Waals surface area contributed by atoms with Crippen molar-refractivity contribution in [3.05, 3.63) is 42.3 Å². The number of aromatic amines is 1. The fourth-order valence-corrected chi connectivity index (χ4v) is 3.44. The number of hydrogen-bond acceptors (Lipinski definition) is 7. The summed E-state index contributed by atoms with van der Waals surface area (Å²) in [6.45, 7) is 5.47. The van der Waals surface area contributed by atoms with Gasteiger partial charge >= 0.3 is 0 Å². The first-order chi connectivity index (χ1) is 14.0. The van der Waals surface area contributed by atoms with Crippen molar-refractivity contribution in [1.82, 2.24) is 20.2 Å². The minimum atomic E-state index is -0.427. The summed E-state index contributed by atoms with van der Waals surface area (Å²) < 4.78 is 24.5. The fraction of sp³-hybridized carbons (Fsp3) is 0.350. The Labute approximate surface area is 168 Å². The van der Waals surface area contributed by atoms with E-state index in [-0.39, 0.29) is 17.8 Å². The number of ether oxygens (including phenoxy) is 2. The van der Waals surface area contributed by atoms with E-state index in [2.05, 4.69) is 44.2 Å². The molecule has 0 aliphatic carbocycles. The van der Waals surface area contributed by atoms with Gasteiger partial charge in [0.15, 0.2) is 17.4 Å². The second-order valence-electron chi connectivity index (χ2n) is 7.03. The van der Waals surface area contributed by atoms with Crippen molar-refractivity contribution in [2.45, 2.75) is 25.9 Å². The van der Waals surface area contributed by atoms with Crippen LogP contribution in [0.5, 0.6) is 5.75 Å². The predicted molar refractivity (Wildman–Crippen MR) is 108 cm³/mol. The van der Waals surface area contributed by atoms with Crippen LogP contribution in [0.25, 0.3) is 11.3 Å². The summed E-state index contributed by atoms with van der Waals surface area (Å²) in [6.07, 6.45) is 1.71. The molecular weight excluding hydrogens is 375 g/mol. The Bertz CT molecular complexity index is 985. The zero-order chi connectivity index (χ0) is 20.4. The largest absolute Gasteiger partial charge is 0.494 e. The van der Waals surface area contributed by atoms with Gasteiger partial charge in [0, 0.05) is 17.8 Å². The molecule has 0 amide bonds. The molecule has 1 aliphatic rings. The lowest BCUT2D eigenvalue weighted by atomic mass is 10.1. The molecular formula is C20H23FN6O2. The Morgan fingerprint density at radius 3 is 2.69 bits per heavy atom. The molecule has 3 aromatic rings. The van der Waals surface area contributed by atoms with Crippen molar-refractivity contribution in [2.75, 3.05) is 30.5 Å². The van der Waals surface area contributed by atoms with Crippen molar-refractivity contribution in [2.24, 2.45) is 0 Å². The van der Waals surface area contributed by atoms with Gasteiger partial charge in [0.2, 0.25) is 5.95 Å². The van der Waals surface area contributed by atoms with Crippen molar-refractivity contribution in [3.63, 3.8) is 0 Å². The van der Waals surface area contributed by atoms with Crippen LogP contribution in [0.15, 0.2) is 36.5 Å². The SMILES string of the molecule is COc1ccc(-c2cc(Nc3ccnc(N4C(C)COCC4C)n3)n[nH]2)cc1F. The summed E-state index contributed by atoms with van der Waals surface area (Å²) in [7, 11) is 1.44. The molecule has 2 N–H and O–H groups in total. The zero-order valence-corrected chi connectivity index (χ0v) is 16.5. The topological polar surface area (TPSA) is 88.2 Å². The van der Waals surface area contributed by atoms with E-state index in [1.807, 2.05) is 0 Å². The molecule has 0 saturated carbocycles. The molecule has 4 rings (SSSR count). The number of morpholine rings is 1. The van der Waals surface area contributed by atoms with Gasteiger partial charge in [-0.3, -0.25) is 5.10 Å². The molecule has 0 radical (unpaired) electrons. The zero-order valence-electron chi connectivity index (χ0n) is 16.5. The second-order valence-corrected chi connectivity index (χ2v) is 7.03. The molecule has 8 nitrogen and oxygen atoms in total. The number of H-pyrrole nitrogens is 1. The first-order valence-electron chi connectivity index (χ1n) is 9.40. The summed E-state index contributed by atoms with van der Waals surface area (Å²) in [5.41, 5.74) is 1.35. The third-order valence-corrected chi connectivity index (χ3v) is 4.84. The van der Waals surface area contributed by atoms with Crippen molar-refractivity contribution < 1.29 is 13.9 Å². The number of methoxy groups -OCH3 is 1. The number of rotatable bonds is 5. The molecule has 152 valence electrons. The number of aromatic nitrogens is 4. The van der Waals surface area contributed by atoms with Gasteiger partial charge in [-0.2, -0.15) is 10.1 Å². The highest BCUT2D eigenvalue weighted by Crippen LogP contribution is 2.27. The van der Waals surface area contributed by atoms with Crippen LogP contribution in [-0.4, -0.2) is 52.6 Å². The van der Waals surface area contributed by atoms with E-state index in [9.17, 15) is 4.39 Å². The monoisotopic (exact) mass is 398 g/mol. The van der Waals surface area contributed by atoms with Crippen LogP contribution in [0.4, 0.5) is 22.0 Å². The highest BCUT2D eigenvalue weighted by Gasteiger charge is 2.27. The van der Waals surface area contributed by atoms with Crippen LogP contribution in [0.3, 0.4) is 0 Å². The number of benzene rings is 1. The van der Waals surface area contributed by atoms with E-state index in [4.69, 9.17) is 9.47 Å². The molecule has 0 spiro atoms. The normalized spacial score (nSPS) is 19.2. The summed E-state index contributed by atoms with van der Waals surface area (Å²) in [4.78, 5) is 11.2. The van der Waals surface area contributed by atoms with Gasteiger partial charge in [-0.15, -0.1) is 0 Å². The van der Waals surface area contributed by atoms with E-state index in [0.29, 0.717) is 42.1 Å². The van der Waals surface area contributed by atoms with Gasteiger partial charge in [0.25, 0.3) is 0 Å². The standard InChI is InChI=1S/C20H23FN6O2/c1-12-10-29-11-13(2)27(12)20-22-7-6-18(24-20)23-19-9-16(25-26-19)14-4-5-17(28-3)15(21)8-14/h4-9,12-13H,10-11H2,1-3H3,(H2,22,23,24,25,26). The maximum atomic E-state index is 14.0. The molecule has 2 atom stereocenters. The first kappa shape index (κ1) is 19.1. The van der Waals surface area contributed by atoms with E-state index in [1.165, 1.54) is 13.2 Å². The summed E-state index contributed by atoms with van der Waals surface area (Å²) >= 11 is 0. The fourth-order valence-electron chi connectivity index (χ4n) is 3.44. The minimum Gasteiger partial charge on any atom is -0.494 e. The Kier molecular flexibility index (Phi) is 5.30. The molecule has 1 aromatic carbocycles. The maximum Gasteiger partial charge on any atom is 0.227 e. The molecule has 0 bridgehead atoms. The third kappa shape index (κ3) is 4.00. The first-order valence-corrected chi connectivity index (χ1v) is 9.40. The van der Waals surface area contributed by atoms with Crippen LogP contribution in [0, 0.1) is 5.82 Å². The van der Waals surface area contributed by atoms with Crippen molar-refractivity contribution >= 4 is 17.6 Å². The molecule has 1 aliphatic heterocycles. The Morgan fingerprint density at radius 2 is 1.97 bits per heavy atom. The Hall–Kier alpha value is -3.20. The number of hydrogen-bond donors (Lipinski definition) is 2. The summed E-state index contributed by atoms with van der Waals surface area (Å²) in [5.74, 6) is 1.62. The molecule has 9 heteroatoms. The average Bonchev–Trinajstić information content (AvgIpc) is 3.16. The van der Waals surface area contributed by atoms with E-state index < -0.39 is 5.82 Å². The number of nitrogens with one attached hydrogen (secondary N) is 2. The van der Waals surface area contributed by atoms with Crippen LogP contribution in [0.2, 0.25) is 0 Å². The van der Waals surface area contributed by atoms with Crippen molar-refractivity contribution in [1.29, 1.82) is 0 Å². The smallest absolute Gasteiger partial charge is 0.227 e. The Morgan fingerprint density at radius 1 is 1.17 bits per heavy atom. The molecule has 2 aromatic heterocycles. The predicted octanol–water partition coefficient (Wildman–Crippen LogP) is 3.37. The molecule has 2 unspecified atom stereocenters. The molecule has 3 heterocycles. The maximum absolute atomic E-state index is 14.0. The average molecular weight is 398 g/mol. The Balaban J connectivity index is 1.53. The number of anilines is 3. The van der Waals surface area contributed by atoms with Gasteiger partial charge in [0.1, 0.15) is 5.82 Å². The third-order valence-electron chi connectivity index (χ3n) is 4.84. The number of halogens is 1. The highest BCUT2D eigenvalue weighted by atomic mass is 19.1. The van der Waals surface area contributed by atoms with Gasteiger partial charge in [0.05, 0.1) is 38.1 Å². The van der Waals surface area contributed by atoms with E-state index >= 15 is 0 Å². The quantitative estimate of drug-likeness (QED) is 0.681. The molecule has 1 fully saturated rings. The summed E-state index contributed by atoms with van der Waals surface area (Å²) in [6, 6.07) is 8.71. The molecule has 29 heavy (non-hydrogen) atoms. The lowest BCUT2D eigenvalue weighted by molar-refractivity contribution is 0.0747. The van der Waals surface area contributed by atoms with Gasteiger partial charge in [-0.25, -0.2) is 9.37 Å². The van der Waals surface area contributed by atoms with Crippen LogP contribution < -0.4 is 15.0 Å². The van der Waals surface area contributed by atoms with Gasteiger partial charge < -0.3 is 19.7 Å². The van der Waals surface area contributed by atoms with E-state index in [1.54, 1.807) is 30.5 Å². The van der Waals surface area contributed by atoms with Crippen molar-refractivity contribution in [3.8, 4) is 17.0 Å². The summed E-state index contributed by atoms with van der Waals surface area (Å²) in [5, 5.41) is 10.3. The van der Waals surface area contributed by atoms with Crippen LogP contribution in [0.1, 0.15) is 13.8 Å². The second kappa shape index (κ2) is 8.04. The minimum absolute atomic E-state index is 0.191. The number of nitrogens with zero attached hydrogens (tertiary/aromatic N) is 4. The van der Waals surface area contributed by atoms with Gasteiger partial charge in [-0.05, 0) is 38.1 Å². The molecule has 1 saturated heterocycles. The van der Waals surface area contributed by atoms with Crippen LogP contribution >= 0.6 is 0 Å². The highest BCUT2D eigenvalue weighted by molar-refractivity contribution is 5.66. The lowest BCUT2D eigenvalue weighted by Crippen LogP contribution is -2.50. The van der Waals surface area contributed by atoms with Crippen LogP contribution in [-0.2, 0) is 4.74 Å². The lowest BCUT2D eigenvalue weighted by Gasteiger charge is -2.38. The van der Waals surface area contributed by atoms with Gasteiger partial charge in [-0.1, -0.05) is 0 Å².